The summed E-state index contributed by atoms with van der Waals surface area (Å²) in [6, 6.07) is 13.1. The number of nitrogens with zero attached hydrogens (tertiary/aromatic N) is 4. The number of nitrogens with two attached hydrogens (primary N) is 1. The topological polar surface area (TPSA) is 179 Å². The van der Waals surface area contributed by atoms with Crippen molar-refractivity contribution in [3.8, 4) is 28.1 Å². The average Bonchev–Trinajstić information content (AvgIpc) is 4.03. The van der Waals surface area contributed by atoms with Crippen LogP contribution in [0.3, 0.4) is 0 Å². The molecule has 0 radical (unpaired) electrons. The standard InChI is InChI=1S/C44H52N8O6/c1-22(2)37(46-25(6)53)43(55)52-20-24(5)15-35(52)41-47-32-13-11-26-17-31-29-12-10-27(16-28(29)21-58-36(31)18-30(26)39(32)49-41)33-19-45-40(48-33)34-9-8-14-51(34)42(54)38(23(3)4)50-44(56)57-7/h10-13,16-19,22-24,34-35,37-38H,8-9,14-15,20-21H2,1-7H3,(H,45,48)(H,46,53)(H,47,49)(H,50,56)/p+1. The molecule has 3 aliphatic heterocycles. The molecule has 5 aromatic rings. The van der Waals surface area contributed by atoms with Gasteiger partial charge in [-0.1, -0.05) is 52.8 Å². The summed E-state index contributed by atoms with van der Waals surface area (Å²) in [5.74, 6) is 2.04. The molecule has 2 saturated heterocycles. The molecule has 2 fully saturated rings. The molecule has 5 heterocycles. The number of carbonyl (C=O) groups is 4. The Balaban J connectivity index is 1.04. The number of ether oxygens (including phenoxy) is 2. The predicted octanol–water partition coefficient (Wildman–Crippen LogP) is 5.75. The quantitative estimate of drug-likeness (QED) is 0.146. The van der Waals surface area contributed by atoms with Crippen LogP contribution in [0.2, 0.25) is 0 Å². The minimum Gasteiger partial charge on any atom is -0.488 e. The third-order valence-electron chi connectivity index (χ3n) is 12.0. The van der Waals surface area contributed by atoms with Crippen molar-refractivity contribution in [3.05, 3.63) is 65.9 Å². The Bertz CT molecular complexity index is 2420. The molecule has 0 saturated carbocycles. The molecule has 3 aromatic carbocycles. The molecule has 5 unspecified atom stereocenters. The van der Waals surface area contributed by atoms with E-state index in [1.807, 2.05) is 49.8 Å². The zero-order valence-corrected chi connectivity index (χ0v) is 34.2. The van der Waals surface area contributed by atoms with Gasteiger partial charge in [0, 0.05) is 36.9 Å². The fourth-order valence-electron chi connectivity index (χ4n) is 9.01. The number of primary amides is 1. The maximum atomic E-state index is 13.8. The number of rotatable bonds is 9. The Morgan fingerprint density at radius 3 is 2.50 bits per heavy atom. The number of hydrogen-bond acceptors (Lipinski definition) is 8. The minimum atomic E-state index is -0.599. The minimum absolute atomic E-state index is 0.0517. The molecule has 0 bridgehead atoms. The maximum Gasteiger partial charge on any atom is 0.513 e. The van der Waals surface area contributed by atoms with Crippen molar-refractivity contribution in [3.63, 3.8) is 0 Å². The summed E-state index contributed by atoms with van der Waals surface area (Å²) in [5.41, 5.74) is 6.69. The number of nitrogens with one attached hydrogen (secondary N) is 3. The highest BCUT2D eigenvalue weighted by Gasteiger charge is 2.41. The lowest BCUT2D eigenvalue weighted by Gasteiger charge is -2.30. The van der Waals surface area contributed by atoms with Crippen molar-refractivity contribution < 1.29 is 34.0 Å². The Kier molecular flexibility index (Phi) is 10.5. The van der Waals surface area contributed by atoms with E-state index in [1.54, 1.807) is 0 Å². The van der Waals surface area contributed by atoms with E-state index < -0.39 is 18.2 Å². The van der Waals surface area contributed by atoms with Gasteiger partial charge in [0.1, 0.15) is 30.0 Å². The summed E-state index contributed by atoms with van der Waals surface area (Å²) < 4.78 is 11.3. The Morgan fingerprint density at radius 2 is 1.76 bits per heavy atom. The van der Waals surface area contributed by atoms with Crippen LogP contribution in [-0.4, -0.2) is 85.8 Å². The van der Waals surface area contributed by atoms with Crippen molar-refractivity contribution in [1.29, 1.82) is 0 Å². The SMILES string of the molecule is COC(=O)[NH2+]C(C(=O)N1CCCC1c1ncc(-c2ccc3c(c2)COc2cc4c(ccc5[nH]c(C6CC(C)CN6C(=O)C(NC(C)=O)C(C)C)nc54)cc2-3)[nH]1)C(C)C. The van der Waals surface area contributed by atoms with Crippen LogP contribution in [0.25, 0.3) is 44.2 Å². The molecule has 4 amide bonds. The number of hydrogen-bond donors (Lipinski definition) is 4. The lowest BCUT2D eigenvalue weighted by Crippen LogP contribution is -2.96. The normalized spacial score (nSPS) is 20.0. The summed E-state index contributed by atoms with van der Waals surface area (Å²) >= 11 is 0. The van der Waals surface area contributed by atoms with Crippen LogP contribution in [0.1, 0.15) is 90.1 Å². The highest BCUT2D eigenvalue weighted by Crippen LogP contribution is 2.44. The molecule has 0 spiro atoms. The molecule has 58 heavy (non-hydrogen) atoms. The smallest absolute Gasteiger partial charge is 0.488 e. The van der Waals surface area contributed by atoms with Crippen LogP contribution in [0.4, 0.5) is 4.79 Å². The first kappa shape index (κ1) is 39.1. The maximum absolute atomic E-state index is 13.8. The van der Waals surface area contributed by atoms with E-state index in [9.17, 15) is 19.2 Å². The number of methoxy groups -OCH3 is 1. The van der Waals surface area contributed by atoms with Gasteiger partial charge >= 0.3 is 6.09 Å². The third-order valence-corrected chi connectivity index (χ3v) is 12.0. The van der Waals surface area contributed by atoms with Gasteiger partial charge in [-0.05, 0) is 77.4 Å². The van der Waals surface area contributed by atoms with Gasteiger partial charge in [0.2, 0.25) is 11.8 Å². The molecule has 0 aliphatic carbocycles. The van der Waals surface area contributed by atoms with Gasteiger partial charge in [0.15, 0.2) is 6.04 Å². The first-order chi connectivity index (χ1) is 27.8. The van der Waals surface area contributed by atoms with Gasteiger partial charge in [-0.15, -0.1) is 0 Å². The molecular formula is C44H53N8O6+. The van der Waals surface area contributed by atoms with Crippen LogP contribution >= 0.6 is 0 Å². The summed E-state index contributed by atoms with van der Waals surface area (Å²) in [4.78, 5) is 72.2. The number of quaternary nitrogens is 1. The molecular weight excluding hydrogens is 737 g/mol. The third kappa shape index (κ3) is 7.18. The van der Waals surface area contributed by atoms with Crippen molar-refractivity contribution in [2.24, 2.45) is 17.8 Å². The van der Waals surface area contributed by atoms with E-state index >= 15 is 0 Å². The molecule has 14 heteroatoms. The van der Waals surface area contributed by atoms with E-state index in [2.05, 4.69) is 58.6 Å². The van der Waals surface area contributed by atoms with E-state index in [1.165, 1.54) is 19.4 Å². The number of imidazole rings is 2. The van der Waals surface area contributed by atoms with Gasteiger partial charge in [0.25, 0.3) is 5.91 Å². The van der Waals surface area contributed by atoms with Crippen LogP contribution in [0.5, 0.6) is 5.75 Å². The highest BCUT2D eigenvalue weighted by molar-refractivity contribution is 6.07. The summed E-state index contributed by atoms with van der Waals surface area (Å²) in [7, 11) is 1.32. The number of H-pyrrole nitrogens is 2. The number of aromatic amines is 2. The molecule has 304 valence electrons. The number of carbonyl (C=O) groups excluding carboxylic acids is 4. The second-order valence-electron chi connectivity index (χ2n) is 16.9. The highest BCUT2D eigenvalue weighted by atomic mass is 16.5. The average molecular weight is 790 g/mol. The van der Waals surface area contributed by atoms with Gasteiger partial charge in [-0.25, -0.2) is 15.3 Å². The Labute approximate surface area is 337 Å². The van der Waals surface area contributed by atoms with Crippen molar-refractivity contribution in [1.82, 2.24) is 35.1 Å². The number of aromatic nitrogens is 4. The van der Waals surface area contributed by atoms with E-state index in [4.69, 9.17) is 19.4 Å². The van der Waals surface area contributed by atoms with Crippen LogP contribution in [0.15, 0.2) is 48.7 Å². The van der Waals surface area contributed by atoms with Gasteiger partial charge in [-0.3, -0.25) is 14.4 Å². The number of benzene rings is 3. The molecule has 5 N–H and O–H groups in total. The number of amides is 4. The number of likely N-dealkylation sites (tertiary alicyclic amines) is 2. The fraction of sp³-hybridized carbons (Fsp3) is 0.455. The van der Waals surface area contributed by atoms with E-state index in [-0.39, 0.29) is 47.6 Å². The lowest BCUT2D eigenvalue weighted by molar-refractivity contribution is -0.601. The van der Waals surface area contributed by atoms with Crippen LogP contribution in [-0.2, 0) is 25.7 Å². The fourth-order valence-corrected chi connectivity index (χ4v) is 9.01. The molecule has 14 nitrogen and oxygen atoms in total. The van der Waals surface area contributed by atoms with Gasteiger partial charge in [-0.2, -0.15) is 4.79 Å². The second-order valence-corrected chi connectivity index (χ2v) is 16.9. The second kappa shape index (κ2) is 15.5. The molecule has 8 rings (SSSR count). The summed E-state index contributed by atoms with van der Waals surface area (Å²) in [6.45, 7) is 13.0. The largest absolute Gasteiger partial charge is 0.513 e. The zero-order chi connectivity index (χ0) is 41.0. The Hall–Kier alpha value is -5.76. The van der Waals surface area contributed by atoms with Gasteiger partial charge in [0.05, 0.1) is 42.1 Å². The van der Waals surface area contributed by atoms with Crippen LogP contribution in [0, 0.1) is 17.8 Å². The van der Waals surface area contributed by atoms with Gasteiger partial charge < -0.3 is 34.6 Å². The molecule has 5 atom stereocenters. The summed E-state index contributed by atoms with van der Waals surface area (Å²) in [6.07, 6.45) is 3.73. The first-order valence-corrected chi connectivity index (χ1v) is 20.4. The zero-order valence-electron chi connectivity index (χ0n) is 34.2. The predicted molar refractivity (Wildman–Crippen MR) is 218 cm³/mol. The van der Waals surface area contributed by atoms with Crippen molar-refractivity contribution in [2.45, 2.75) is 91.6 Å². The van der Waals surface area contributed by atoms with E-state index in [0.29, 0.717) is 19.7 Å². The lowest BCUT2D eigenvalue weighted by atomic mass is 9.92. The van der Waals surface area contributed by atoms with E-state index in [0.717, 1.165) is 86.4 Å². The van der Waals surface area contributed by atoms with Crippen molar-refractivity contribution >= 4 is 45.6 Å². The summed E-state index contributed by atoms with van der Waals surface area (Å²) in [5, 5.41) is 6.25. The number of fused-ring (bicyclic) bond motifs is 6. The first-order valence-electron chi connectivity index (χ1n) is 20.4. The van der Waals surface area contributed by atoms with Crippen molar-refractivity contribution in [2.75, 3.05) is 20.2 Å². The monoisotopic (exact) mass is 789 g/mol. The Morgan fingerprint density at radius 1 is 0.948 bits per heavy atom. The molecule has 2 aromatic heterocycles. The van der Waals surface area contributed by atoms with Crippen LogP contribution < -0.4 is 15.4 Å². The molecule has 3 aliphatic rings.